The summed E-state index contributed by atoms with van der Waals surface area (Å²) in [5.41, 5.74) is 2.44. The number of hydrogen-bond acceptors (Lipinski definition) is 3. The van der Waals surface area contributed by atoms with Crippen LogP contribution in [0.1, 0.15) is 24.5 Å². The van der Waals surface area contributed by atoms with Crippen LogP contribution in [0.5, 0.6) is 0 Å². The second-order valence-corrected chi connectivity index (χ2v) is 6.52. The molecule has 26 heavy (non-hydrogen) atoms. The van der Waals surface area contributed by atoms with Crippen LogP contribution in [0.15, 0.2) is 54.6 Å². The van der Waals surface area contributed by atoms with Crippen molar-refractivity contribution in [2.24, 2.45) is 0 Å². The molecule has 0 saturated carbocycles. The molecule has 3 rings (SSSR count). The number of rotatable bonds is 4. The first-order valence-electron chi connectivity index (χ1n) is 8.72. The van der Waals surface area contributed by atoms with Crippen LogP contribution < -0.4 is 4.90 Å². The van der Waals surface area contributed by atoms with E-state index < -0.39 is 0 Å². The van der Waals surface area contributed by atoms with E-state index in [1.165, 1.54) is 0 Å². The van der Waals surface area contributed by atoms with Crippen LogP contribution in [0.25, 0.3) is 0 Å². The Morgan fingerprint density at radius 3 is 2.50 bits per heavy atom. The number of carbonyl (C=O) groups is 2. The Balaban J connectivity index is 1.63. The van der Waals surface area contributed by atoms with Gasteiger partial charge in [0, 0.05) is 24.7 Å². The lowest BCUT2D eigenvalue weighted by Gasteiger charge is -2.39. The van der Waals surface area contributed by atoms with Gasteiger partial charge in [-0.15, -0.1) is 0 Å². The molecule has 1 atom stereocenters. The van der Waals surface area contributed by atoms with Gasteiger partial charge in [-0.05, 0) is 43.2 Å². The van der Waals surface area contributed by atoms with Gasteiger partial charge in [-0.2, -0.15) is 5.26 Å². The van der Waals surface area contributed by atoms with E-state index in [1.54, 1.807) is 34.1 Å². The third-order valence-electron chi connectivity index (χ3n) is 4.68. The Bertz CT molecular complexity index is 825. The maximum atomic E-state index is 12.6. The van der Waals surface area contributed by atoms with Crippen LogP contribution in [0.4, 0.5) is 5.69 Å². The number of hydrogen-bond donors (Lipinski definition) is 0. The molecule has 0 N–H and O–H groups in total. The molecule has 1 heterocycles. The molecule has 0 aromatic heterocycles. The first-order valence-corrected chi connectivity index (χ1v) is 8.72. The highest BCUT2D eigenvalue weighted by Gasteiger charge is 2.32. The van der Waals surface area contributed by atoms with Crippen molar-refractivity contribution in [2.45, 2.75) is 25.8 Å². The normalized spacial score (nSPS) is 17.1. The lowest BCUT2D eigenvalue weighted by atomic mass is 10.1. The fourth-order valence-corrected chi connectivity index (χ4v) is 3.19. The van der Waals surface area contributed by atoms with Crippen molar-refractivity contribution >= 4 is 17.5 Å². The van der Waals surface area contributed by atoms with Gasteiger partial charge in [0.25, 0.3) is 0 Å². The standard InChI is InChI=1S/C21H21N3O2/c1-16-14-24(19-10-7-18(13-22)8-11-19)21(26)15-23(16)20(25)12-9-17-5-3-2-4-6-17/h2-8,10-11,16H,9,12,14-15H2,1H3/t16-/m0/s1. The number of aryl methyl sites for hydroxylation is 1. The average molecular weight is 347 g/mol. The van der Waals surface area contributed by atoms with E-state index in [0.717, 1.165) is 11.3 Å². The van der Waals surface area contributed by atoms with Gasteiger partial charge in [-0.1, -0.05) is 30.3 Å². The van der Waals surface area contributed by atoms with Crippen molar-refractivity contribution in [3.8, 4) is 6.07 Å². The van der Waals surface area contributed by atoms with Crippen molar-refractivity contribution < 1.29 is 9.59 Å². The topological polar surface area (TPSA) is 64.4 Å². The smallest absolute Gasteiger partial charge is 0.246 e. The van der Waals surface area contributed by atoms with E-state index in [4.69, 9.17) is 5.26 Å². The quantitative estimate of drug-likeness (QED) is 0.854. The van der Waals surface area contributed by atoms with Crippen LogP contribution >= 0.6 is 0 Å². The summed E-state index contributed by atoms with van der Waals surface area (Å²) < 4.78 is 0. The van der Waals surface area contributed by atoms with Gasteiger partial charge < -0.3 is 9.80 Å². The SMILES string of the molecule is C[C@H]1CN(c2ccc(C#N)cc2)C(=O)CN1C(=O)CCc1ccccc1. The molecule has 5 nitrogen and oxygen atoms in total. The Labute approximate surface area is 153 Å². The molecule has 0 bridgehead atoms. The Morgan fingerprint density at radius 2 is 1.85 bits per heavy atom. The number of piperazine rings is 1. The van der Waals surface area contributed by atoms with E-state index in [9.17, 15) is 9.59 Å². The zero-order chi connectivity index (χ0) is 18.5. The molecule has 2 aromatic carbocycles. The monoisotopic (exact) mass is 347 g/mol. The van der Waals surface area contributed by atoms with Gasteiger partial charge in [0.2, 0.25) is 11.8 Å². The zero-order valence-electron chi connectivity index (χ0n) is 14.8. The maximum absolute atomic E-state index is 12.6. The highest BCUT2D eigenvalue weighted by molar-refractivity contribution is 5.98. The minimum Gasteiger partial charge on any atom is -0.329 e. The molecule has 2 aromatic rings. The first kappa shape index (κ1) is 17.7. The largest absolute Gasteiger partial charge is 0.329 e. The first-order chi connectivity index (χ1) is 12.6. The number of carbonyl (C=O) groups excluding carboxylic acids is 2. The van der Waals surface area contributed by atoms with Gasteiger partial charge in [-0.3, -0.25) is 9.59 Å². The van der Waals surface area contributed by atoms with E-state index >= 15 is 0 Å². The molecule has 5 heteroatoms. The average Bonchev–Trinajstić information content (AvgIpc) is 2.68. The fourth-order valence-electron chi connectivity index (χ4n) is 3.19. The van der Waals surface area contributed by atoms with Crippen molar-refractivity contribution in [3.63, 3.8) is 0 Å². The molecule has 2 amide bonds. The number of nitrogens with zero attached hydrogens (tertiary/aromatic N) is 3. The number of anilines is 1. The third-order valence-corrected chi connectivity index (χ3v) is 4.68. The van der Waals surface area contributed by atoms with E-state index in [0.29, 0.717) is 24.9 Å². The molecule has 1 fully saturated rings. The summed E-state index contributed by atoms with van der Waals surface area (Å²) >= 11 is 0. The van der Waals surface area contributed by atoms with Gasteiger partial charge in [-0.25, -0.2) is 0 Å². The van der Waals surface area contributed by atoms with Gasteiger partial charge >= 0.3 is 0 Å². The summed E-state index contributed by atoms with van der Waals surface area (Å²) in [4.78, 5) is 28.5. The molecule has 0 aliphatic carbocycles. The van der Waals surface area contributed by atoms with Crippen LogP contribution in [0.2, 0.25) is 0 Å². The van der Waals surface area contributed by atoms with Gasteiger partial charge in [0.05, 0.1) is 11.6 Å². The van der Waals surface area contributed by atoms with E-state index in [1.807, 2.05) is 37.3 Å². The molecule has 132 valence electrons. The maximum Gasteiger partial charge on any atom is 0.246 e. The van der Waals surface area contributed by atoms with Crippen LogP contribution in [0, 0.1) is 11.3 Å². The summed E-state index contributed by atoms with van der Waals surface area (Å²) in [6.45, 7) is 2.51. The van der Waals surface area contributed by atoms with Crippen molar-refractivity contribution in [1.82, 2.24) is 4.90 Å². The summed E-state index contributed by atoms with van der Waals surface area (Å²) in [5, 5.41) is 8.89. The predicted molar refractivity (Wildman–Crippen MR) is 99.4 cm³/mol. The Kier molecular flexibility index (Phi) is 5.33. The fraction of sp³-hybridized carbons (Fsp3) is 0.286. The van der Waals surface area contributed by atoms with E-state index in [-0.39, 0.29) is 24.4 Å². The lowest BCUT2D eigenvalue weighted by Crippen LogP contribution is -2.57. The second kappa shape index (κ2) is 7.83. The minimum atomic E-state index is -0.0964. The molecule has 1 aliphatic heterocycles. The predicted octanol–water partition coefficient (Wildman–Crippen LogP) is 2.75. The highest BCUT2D eigenvalue weighted by atomic mass is 16.2. The molecule has 0 unspecified atom stereocenters. The third kappa shape index (κ3) is 3.92. The summed E-state index contributed by atoms with van der Waals surface area (Å²) in [5.74, 6) is -0.0879. The Morgan fingerprint density at radius 1 is 1.15 bits per heavy atom. The van der Waals surface area contributed by atoms with Gasteiger partial charge in [0.1, 0.15) is 6.54 Å². The molecular formula is C21H21N3O2. The van der Waals surface area contributed by atoms with Crippen LogP contribution in [-0.4, -0.2) is 35.8 Å². The number of amides is 2. The molecule has 1 aliphatic rings. The number of benzene rings is 2. The summed E-state index contributed by atoms with van der Waals surface area (Å²) in [6, 6.07) is 18.9. The summed E-state index contributed by atoms with van der Waals surface area (Å²) in [7, 11) is 0. The van der Waals surface area contributed by atoms with Crippen LogP contribution in [-0.2, 0) is 16.0 Å². The zero-order valence-corrected chi connectivity index (χ0v) is 14.8. The van der Waals surface area contributed by atoms with Crippen molar-refractivity contribution in [3.05, 3.63) is 65.7 Å². The molecular weight excluding hydrogens is 326 g/mol. The van der Waals surface area contributed by atoms with Crippen molar-refractivity contribution in [2.75, 3.05) is 18.0 Å². The molecule has 0 spiro atoms. The number of nitriles is 1. The lowest BCUT2D eigenvalue weighted by molar-refractivity contribution is -0.139. The van der Waals surface area contributed by atoms with Crippen molar-refractivity contribution in [1.29, 1.82) is 5.26 Å². The summed E-state index contributed by atoms with van der Waals surface area (Å²) in [6.07, 6.45) is 1.08. The second-order valence-electron chi connectivity index (χ2n) is 6.52. The van der Waals surface area contributed by atoms with Gasteiger partial charge in [0.15, 0.2) is 0 Å². The highest BCUT2D eigenvalue weighted by Crippen LogP contribution is 2.21. The van der Waals surface area contributed by atoms with Crippen LogP contribution in [0.3, 0.4) is 0 Å². The molecule has 1 saturated heterocycles. The minimum absolute atomic E-state index is 0.00850. The van der Waals surface area contributed by atoms with E-state index in [2.05, 4.69) is 6.07 Å². The molecule has 0 radical (unpaired) electrons. The Hall–Kier alpha value is -3.13.